The molecule has 4 heterocycles. The Morgan fingerprint density at radius 1 is 0.939 bits per heavy atom. The largest absolute Gasteiger partial charge is 0.371 e. The molecule has 8 heteroatoms. The van der Waals surface area contributed by atoms with Gasteiger partial charge in [-0.2, -0.15) is 5.10 Å². The van der Waals surface area contributed by atoms with Crippen LogP contribution >= 0.6 is 0 Å². The molecule has 2 aliphatic rings. The fraction of sp³-hybridized carbons (Fsp3) is 0.440. The molecule has 0 atom stereocenters. The molecule has 0 bridgehead atoms. The van der Waals surface area contributed by atoms with Crippen molar-refractivity contribution in [3.63, 3.8) is 0 Å². The predicted octanol–water partition coefficient (Wildman–Crippen LogP) is 3.85. The maximum absolute atomic E-state index is 13.5. The van der Waals surface area contributed by atoms with Gasteiger partial charge < -0.3 is 14.8 Å². The Morgan fingerprint density at radius 2 is 1.82 bits per heavy atom. The molecule has 2 aromatic carbocycles. The summed E-state index contributed by atoms with van der Waals surface area (Å²) in [6.45, 7) is 6.98. The number of halogens is 1. The number of hydrogen-bond donors (Lipinski definition) is 2. The Hall–Kier alpha value is -2.97. The van der Waals surface area contributed by atoms with Gasteiger partial charge in [-0.1, -0.05) is 0 Å². The second-order valence-corrected chi connectivity index (χ2v) is 9.46. The molecule has 0 spiro atoms. The van der Waals surface area contributed by atoms with Crippen LogP contribution in [0.2, 0.25) is 0 Å². The third kappa shape index (κ3) is 3.98. The summed E-state index contributed by atoms with van der Waals surface area (Å²) in [6, 6.07) is 11.8. The van der Waals surface area contributed by atoms with Gasteiger partial charge in [-0.15, -0.1) is 0 Å². The normalized spacial score (nSPS) is 19.5. The monoisotopic (exact) mass is 447 g/mol. The molecule has 0 amide bonds. The van der Waals surface area contributed by atoms with Crippen molar-refractivity contribution in [3.05, 3.63) is 42.2 Å². The molecule has 33 heavy (non-hydrogen) atoms. The maximum atomic E-state index is 13.5. The number of fused-ring (bicyclic) bond motifs is 2. The standard InChI is InChI=1S/C25H30FN7/c1-31-9-2-10-32(14-13-31)18-7-11-33(12-8-18)19-4-6-21-23(16-19)28-25(27-21)24-20-5-3-17(26)15-22(20)29-30-24/h3-6,15-16,18H,2,7-14H2,1H3,(H,27,28)(H,29,30). The quantitative estimate of drug-likeness (QED) is 0.499. The number of nitrogens with zero attached hydrogens (tertiary/aromatic N) is 5. The summed E-state index contributed by atoms with van der Waals surface area (Å²) >= 11 is 0. The summed E-state index contributed by atoms with van der Waals surface area (Å²) in [5, 5.41) is 8.14. The number of aromatic nitrogens is 4. The van der Waals surface area contributed by atoms with Crippen molar-refractivity contribution in [1.82, 2.24) is 30.0 Å². The minimum Gasteiger partial charge on any atom is -0.371 e. The second-order valence-electron chi connectivity index (χ2n) is 9.46. The van der Waals surface area contributed by atoms with E-state index < -0.39 is 0 Å². The van der Waals surface area contributed by atoms with Crippen LogP contribution in [-0.4, -0.2) is 82.3 Å². The van der Waals surface area contributed by atoms with Crippen molar-refractivity contribution < 1.29 is 4.39 Å². The Bertz CT molecular complexity index is 1270. The molecule has 2 N–H and O–H groups in total. The van der Waals surface area contributed by atoms with Gasteiger partial charge in [-0.3, -0.25) is 10.00 Å². The van der Waals surface area contributed by atoms with Crippen LogP contribution in [0.1, 0.15) is 19.3 Å². The summed E-state index contributed by atoms with van der Waals surface area (Å²) in [4.78, 5) is 15.8. The highest BCUT2D eigenvalue weighted by Gasteiger charge is 2.26. The fourth-order valence-electron chi connectivity index (χ4n) is 5.40. The van der Waals surface area contributed by atoms with Crippen LogP contribution in [0.3, 0.4) is 0 Å². The van der Waals surface area contributed by atoms with Crippen molar-refractivity contribution in [2.24, 2.45) is 0 Å². The number of imidazole rings is 1. The molecule has 0 radical (unpaired) electrons. The van der Waals surface area contributed by atoms with Crippen LogP contribution in [0, 0.1) is 5.82 Å². The molecule has 0 aliphatic carbocycles. The van der Waals surface area contributed by atoms with E-state index in [0.29, 0.717) is 23.1 Å². The number of H-pyrrole nitrogens is 2. The highest BCUT2D eigenvalue weighted by Crippen LogP contribution is 2.30. The number of hydrogen-bond acceptors (Lipinski definition) is 5. The Morgan fingerprint density at radius 3 is 2.70 bits per heavy atom. The van der Waals surface area contributed by atoms with Crippen LogP contribution in [0.15, 0.2) is 36.4 Å². The van der Waals surface area contributed by atoms with Gasteiger partial charge in [0.05, 0.1) is 16.6 Å². The third-order valence-corrected chi connectivity index (χ3v) is 7.31. The van der Waals surface area contributed by atoms with E-state index in [1.807, 2.05) is 0 Å². The molecule has 172 valence electrons. The molecule has 7 nitrogen and oxygen atoms in total. The Kier molecular flexibility index (Phi) is 5.27. The highest BCUT2D eigenvalue weighted by atomic mass is 19.1. The van der Waals surface area contributed by atoms with Crippen molar-refractivity contribution >= 4 is 27.6 Å². The van der Waals surface area contributed by atoms with Gasteiger partial charge in [0.2, 0.25) is 0 Å². The minimum atomic E-state index is -0.279. The first-order chi connectivity index (χ1) is 16.1. The van der Waals surface area contributed by atoms with E-state index in [1.165, 1.54) is 63.3 Å². The first kappa shape index (κ1) is 20.6. The summed E-state index contributed by atoms with van der Waals surface area (Å²) in [7, 11) is 2.23. The van der Waals surface area contributed by atoms with Gasteiger partial charge in [0.1, 0.15) is 11.5 Å². The average Bonchev–Trinajstić information content (AvgIpc) is 3.37. The van der Waals surface area contributed by atoms with Crippen molar-refractivity contribution in [2.45, 2.75) is 25.3 Å². The molecule has 0 saturated carbocycles. The van der Waals surface area contributed by atoms with Gasteiger partial charge in [0, 0.05) is 43.3 Å². The van der Waals surface area contributed by atoms with Crippen LogP contribution in [0.4, 0.5) is 10.1 Å². The van der Waals surface area contributed by atoms with E-state index in [1.54, 1.807) is 6.07 Å². The molecule has 2 aliphatic heterocycles. The first-order valence-corrected chi connectivity index (χ1v) is 12.0. The van der Waals surface area contributed by atoms with E-state index in [-0.39, 0.29) is 5.82 Å². The number of likely N-dealkylation sites (N-methyl/N-ethyl adjacent to an activating group) is 1. The van der Waals surface area contributed by atoms with E-state index in [4.69, 9.17) is 4.98 Å². The van der Waals surface area contributed by atoms with Gasteiger partial charge in [-0.25, -0.2) is 9.37 Å². The van der Waals surface area contributed by atoms with Gasteiger partial charge >= 0.3 is 0 Å². The van der Waals surface area contributed by atoms with Crippen LogP contribution < -0.4 is 4.90 Å². The summed E-state index contributed by atoms with van der Waals surface area (Å²) < 4.78 is 13.5. The topological polar surface area (TPSA) is 67.1 Å². The molecule has 2 saturated heterocycles. The maximum Gasteiger partial charge on any atom is 0.159 e. The van der Waals surface area contributed by atoms with Crippen molar-refractivity contribution in [2.75, 3.05) is 51.2 Å². The number of anilines is 1. The summed E-state index contributed by atoms with van der Waals surface area (Å²) in [5.74, 6) is 0.420. The van der Waals surface area contributed by atoms with Gasteiger partial charge in [-0.05, 0) is 75.8 Å². The summed E-state index contributed by atoms with van der Waals surface area (Å²) in [6.07, 6.45) is 3.70. The summed E-state index contributed by atoms with van der Waals surface area (Å²) in [5.41, 5.74) is 4.53. The van der Waals surface area contributed by atoms with Gasteiger partial charge in [0.25, 0.3) is 0 Å². The van der Waals surface area contributed by atoms with E-state index >= 15 is 0 Å². The fourth-order valence-corrected chi connectivity index (χ4v) is 5.40. The van der Waals surface area contributed by atoms with Crippen molar-refractivity contribution in [3.8, 4) is 11.5 Å². The lowest BCUT2D eigenvalue weighted by Gasteiger charge is -2.39. The molecular weight excluding hydrogens is 417 g/mol. The van der Waals surface area contributed by atoms with Crippen LogP contribution in [0.25, 0.3) is 33.5 Å². The second kappa shape index (κ2) is 8.43. The van der Waals surface area contributed by atoms with Crippen LogP contribution in [0.5, 0.6) is 0 Å². The first-order valence-electron chi connectivity index (χ1n) is 12.0. The molecule has 6 rings (SSSR count). The lowest BCUT2D eigenvalue weighted by Crippen LogP contribution is -2.46. The zero-order valence-corrected chi connectivity index (χ0v) is 19.0. The van der Waals surface area contributed by atoms with Crippen LogP contribution in [-0.2, 0) is 0 Å². The number of aromatic amines is 2. The van der Waals surface area contributed by atoms with Crippen molar-refractivity contribution in [1.29, 1.82) is 0 Å². The number of nitrogens with one attached hydrogen (secondary N) is 2. The predicted molar refractivity (Wildman–Crippen MR) is 130 cm³/mol. The molecule has 4 aromatic rings. The van der Waals surface area contributed by atoms with Gasteiger partial charge in [0.15, 0.2) is 5.82 Å². The highest BCUT2D eigenvalue weighted by molar-refractivity contribution is 5.93. The SMILES string of the molecule is CN1CCCN(C2CCN(c3ccc4nc(-c5n[nH]c6cc(F)ccc56)[nH]c4c3)CC2)CC1. The Balaban J connectivity index is 1.19. The number of benzene rings is 2. The average molecular weight is 448 g/mol. The molecular formula is C25H30FN7. The minimum absolute atomic E-state index is 0.279. The molecule has 2 aromatic heterocycles. The lowest BCUT2D eigenvalue weighted by atomic mass is 10.0. The Labute approximate surface area is 192 Å². The zero-order chi connectivity index (χ0) is 22.4. The number of rotatable bonds is 3. The zero-order valence-electron chi connectivity index (χ0n) is 19.0. The third-order valence-electron chi connectivity index (χ3n) is 7.31. The number of piperidine rings is 1. The van der Waals surface area contributed by atoms with E-state index in [2.05, 4.69) is 55.1 Å². The smallest absolute Gasteiger partial charge is 0.159 e. The molecule has 0 unspecified atom stereocenters. The lowest BCUT2D eigenvalue weighted by molar-refractivity contribution is 0.174. The van der Waals surface area contributed by atoms with E-state index in [0.717, 1.165) is 29.5 Å². The molecule has 2 fully saturated rings. The van der Waals surface area contributed by atoms with E-state index in [9.17, 15) is 4.39 Å².